The number of rotatable bonds is 6. The minimum absolute atomic E-state index is 0.0662. The maximum atomic E-state index is 13.6. The monoisotopic (exact) mass is 497 g/mol. The third kappa shape index (κ3) is 2.76. The van der Waals surface area contributed by atoms with Crippen molar-refractivity contribution in [2.75, 3.05) is 7.05 Å². The lowest BCUT2D eigenvalue weighted by molar-refractivity contribution is -0.179. The molecule has 1 aromatic carbocycles. The van der Waals surface area contributed by atoms with Crippen molar-refractivity contribution < 1.29 is 23.1 Å². The molecule has 1 spiro atoms. The van der Waals surface area contributed by atoms with E-state index in [2.05, 4.69) is 10.3 Å². The summed E-state index contributed by atoms with van der Waals surface area (Å²) in [6, 6.07) is 8.44. The van der Waals surface area contributed by atoms with E-state index in [9.17, 15) is 23.1 Å². The third-order valence-corrected chi connectivity index (χ3v) is 12.1. The Morgan fingerprint density at radius 3 is 2.57 bits per heavy atom. The molecule has 4 aliphatic rings. The highest BCUT2D eigenvalue weighted by molar-refractivity contribution is 7.89. The van der Waals surface area contributed by atoms with Gasteiger partial charge in [-0.15, -0.1) is 0 Å². The van der Waals surface area contributed by atoms with Crippen molar-refractivity contribution in [1.29, 1.82) is 0 Å². The zero-order valence-corrected chi connectivity index (χ0v) is 21.0. The lowest BCUT2D eigenvalue weighted by Crippen LogP contribution is -2.59. The molecule has 35 heavy (non-hydrogen) atoms. The van der Waals surface area contributed by atoms with Gasteiger partial charge in [-0.1, -0.05) is 18.2 Å². The summed E-state index contributed by atoms with van der Waals surface area (Å²) < 4.78 is 28.4. The summed E-state index contributed by atoms with van der Waals surface area (Å²) in [6.07, 6.45) is 5.58. The first-order chi connectivity index (χ1) is 16.4. The van der Waals surface area contributed by atoms with E-state index in [1.54, 1.807) is 44.3 Å². The first-order valence-corrected chi connectivity index (χ1v) is 13.8. The molecule has 6 unspecified atom stereocenters. The van der Waals surface area contributed by atoms with Gasteiger partial charge in [-0.25, -0.2) is 8.42 Å². The van der Waals surface area contributed by atoms with Crippen LogP contribution in [0.2, 0.25) is 0 Å². The zero-order chi connectivity index (χ0) is 25.0. The third-order valence-electron chi connectivity index (χ3n) is 10.1. The van der Waals surface area contributed by atoms with Crippen molar-refractivity contribution in [3.63, 3.8) is 0 Å². The maximum absolute atomic E-state index is 13.6. The standard InChI is InChI=1S/C26H31N3O5S/c1-24(2,29(3)35(33,34)19-8-4-6-15-7-5-9-27-21(15)19)22(30)28-20-16-10-18-14-26(23(31)32)13-17(20)12-25(18,26)11-16/h4-9,16-18,20H,10-14H2,1-3H3,(H,28,30)(H,31,32). The summed E-state index contributed by atoms with van der Waals surface area (Å²) in [5.74, 6) is -0.219. The van der Waals surface area contributed by atoms with Gasteiger partial charge >= 0.3 is 5.97 Å². The SMILES string of the molecule is CN(C(C)(C)C(=O)NC1C2CC3CC4(C(=O)O)CC1CC34C2)S(=O)(=O)c1cccc2cccnc12. The Balaban J connectivity index is 1.26. The number of hydrogen-bond donors (Lipinski definition) is 2. The van der Waals surface area contributed by atoms with Gasteiger partial charge in [0.2, 0.25) is 15.9 Å². The fourth-order valence-corrected chi connectivity index (χ4v) is 9.77. The molecule has 186 valence electrons. The van der Waals surface area contributed by atoms with Crippen LogP contribution < -0.4 is 5.32 Å². The summed E-state index contributed by atoms with van der Waals surface area (Å²) in [6.45, 7) is 3.23. The number of aliphatic carboxylic acids is 1. The van der Waals surface area contributed by atoms with Crippen LogP contribution in [-0.4, -0.2) is 53.3 Å². The number of carboxylic acids is 1. The van der Waals surface area contributed by atoms with Gasteiger partial charge in [0.25, 0.3) is 0 Å². The van der Waals surface area contributed by atoms with Gasteiger partial charge in [-0.3, -0.25) is 14.6 Å². The van der Waals surface area contributed by atoms with Crippen LogP contribution in [0.4, 0.5) is 0 Å². The molecule has 8 nitrogen and oxygen atoms in total. The average molecular weight is 498 g/mol. The summed E-state index contributed by atoms with van der Waals surface area (Å²) >= 11 is 0. The summed E-state index contributed by atoms with van der Waals surface area (Å²) in [5.41, 5.74) is -1.70. The van der Waals surface area contributed by atoms with Crippen LogP contribution in [-0.2, 0) is 19.6 Å². The molecule has 2 aromatic rings. The molecule has 4 aliphatic carbocycles. The fourth-order valence-electron chi connectivity index (χ4n) is 8.13. The lowest BCUT2D eigenvalue weighted by Gasteiger charge is -2.56. The molecule has 4 saturated carbocycles. The predicted octanol–water partition coefficient (Wildman–Crippen LogP) is 3.03. The number of hydrogen-bond acceptors (Lipinski definition) is 5. The molecule has 3 bridgehead atoms. The molecule has 1 amide bonds. The average Bonchev–Trinajstić information content (AvgIpc) is 3.20. The maximum Gasteiger partial charge on any atom is 0.310 e. The highest BCUT2D eigenvalue weighted by Crippen LogP contribution is 2.81. The van der Waals surface area contributed by atoms with Crippen molar-refractivity contribution in [2.24, 2.45) is 28.6 Å². The van der Waals surface area contributed by atoms with Gasteiger partial charge in [-0.2, -0.15) is 4.31 Å². The Bertz CT molecular complexity index is 1360. The number of benzene rings is 1. The van der Waals surface area contributed by atoms with Crippen LogP contribution in [0.15, 0.2) is 41.4 Å². The Labute approximate surface area is 205 Å². The number of nitrogens with one attached hydrogen (secondary N) is 1. The molecule has 1 heterocycles. The van der Waals surface area contributed by atoms with E-state index in [0.29, 0.717) is 23.2 Å². The van der Waals surface area contributed by atoms with Crippen molar-refractivity contribution in [3.05, 3.63) is 36.5 Å². The molecule has 4 fully saturated rings. The largest absolute Gasteiger partial charge is 0.481 e. The number of amides is 1. The highest BCUT2D eigenvalue weighted by atomic mass is 32.2. The Morgan fingerprint density at radius 1 is 1.11 bits per heavy atom. The van der Waals surface area contributed by atoms with E-state index in [0.717, 1.165) is 30.0 Å². The van der Waals surface area contributed by atoms with Gasteiger partial charge in [0.1, 0.15) is 10.4 Å². The molecule has 1 aromatic heterocycles. The minimum atomic E-state index is -4.02. The van der Waals surface area contributed by atoms with Crippen molar-refractivity contribution in [1.82, 2.24) is 14.6 Å². The zero-order valence-electron chi connectivity index (χ0n) is 20.2. The first kappa shape index (κ1) is 22.9. The van der Waals surface area contributed by atoms with Crippen LogP contribution in [0.1, 0.15) is 46.0 Å². The van der Waals surface area contributed by atoms with Gasteiger partial charge in [0, 0.05) is 24.7 Å². The number of sulfonamides is 1. The molecule has 6 rings (SSSR count). The number of nitrogens with zero attached hydrogens (tertiary/aromatic N) is 2. The smallest absolute Gasteiger partial charge is 0.310 e. The number of aromatic nitrogens is 1. The molecule has 0 saturated heterocycles. The van der Waals surface area contributed by atoms with Crippen LogP contribution in [0.5, 0.6) is 0 Å². The van der Waals surface area contributed by atoms with Crippen molar-refractivity contribution in [2.45, 2.75) is 62.4 Å². The second kappa shape index (κ2) is 7.03. The van der Waals surface area contributed by atoms with Crippen molar-refractivity contribution >= 4 is 32.8 Å². The van der Waals surface area contributed by atoms with Crippen molar-refractivity contribution in [3.8, 4) is 0 Å². The molecular weight excluding hydrogens is 466 g/mol. The Kier molecular flexibility index (Phi) is 4.61. The van der Waals surface area contributed by atoms with Gasteiger partial charge in [-0.05, 0) is 81.3 Å². The van der Waals surface area contributed by atoms with E-state index in [1.807, 2.05) is 0 Å². The predicted molar refractivity (Wildman–Crippen MR) is 129 cm³/mol. The normalized spacial score (nSPS) is 35.2. The number of fused-ring (bicyclic) bond motifs is 3. The fraction of sp³-hybridized carbons (Fsp3) is 0.577. The van der Waals surface area contributed by atoms with Crippen LogP contribution in [0, 0.1) is 28.6 Å². The molecular formula is C26H31N3O5S. The topological polar surface area (TPSA) is 117 Å². The molecule has 0 radical (unpaired) electrons. The van der Waals surface area contributed by atoms with Gasteiger partial charge in [0.15, 0.2) is 0 Å². The summed E-state index contributed by atoms with van der Waals surface area (Å²) in [4.78, 5) is 30.2. The number of carbonyl (C=O) groups is 2. The van der Waals surface area contributed by atoms with Gasteiger partial charge < -0.3 is 10.4 Å². The van der Waals surface area contributed by atoms with E-state index < -0.39 is 26.9 Å². The summed E-state index contributed by atoms with van der Waals surface area (Å²) in [7, 11) is -2.59. The van der Waals surface area contributed by atoms with E-state index in [1.165, 1.54) is 13.1 Å². The number of carbonyl (C=O) groups excluding carboxylic acids is 1. The molecule has 0 aliphatic heterocycles. The highest BCUT2D eigenvalue weighted by Gasteiger charge is 2.79. The number of carboxylic acid groups (broad SMARTS) is 1. The van der Waals surface area contributed by atoms with E-state index in [-0.39, 0.29) is 34.1 Å². The minimum Gasteiger partial charge on any atom is -0.481 e. The lowest BCUT2D eigenvalue weighted by atomic mass is 9.46. The first-order valence-electron chi connectivity index (χ1n) is 12.3. The van der Waals surface area contributed by atoms with Crippen LogP contribution in [0.25, 0.3) is 10.9 Å². The van der Waals surface area contributed by atoms with E-state index in [4.69, 9.17) is 0 Å². The Hall–Kier alpha value is -2.52. The van der Waals surface area contributed by atoms with Crippen LogP contribution >= 0.6 is 0 Å². The quantitative estimate of drug-likeness (QED) is 0.634. The second-order valence-corrected chi connectivity index (χ2v) is 13.6. The van der Waals surface area contributed by atoms with Gasteiger partial charge in [0.05, 0.1) is 10.9 Å². The number of pyridine rings is 1. The molecule has 6 atom stereocenters. The number of likely N-dealkylation sites (N-methyl/N-ethyl adjacent to an activating group) is 1. The molecule has 9 heteroatoms. The van der Waals surface area contributed by atoms with Crippen LogP contribution in [0.3, 0.4) is 0 Å². The van der Waals surface area contributed by atoms with E-state index >= 15 is 0 Å². The molecule has 2 N–H and O–H groups in total. The second-order valence-electron chi connectivity index (χ2n) is 11.7. The summed E-state index contributed by atoms with van der Waals surface area (Å²) in [5, 5.41) is 14.0. The Morgan fingerprint density at radius 2 is 1.83 bits per heavy atom. The number of para-hydroxylation sites is 1.